The molecule has 0 saturated heterocycles. The summed E-state index contributed by atoms with van der Waals surface area (Å²) < 4.78 is 9.16. The predicted octanol–water partition coefficient (Wildman–Crippen LogP) is 4.62. The van der Waals surface area contributed by atoms with Crippen LogP contribution in [0.2, 0.25) is 0 Å². The number of rotatable bonds is 3. The first-order valence-corrected chi connectivity index (χ1v) is 7.01. The summed E-state index contributed by atoms with van der Waals surface area (Å²) in [7, 11) is 0. The monoisotopic (exact) mass is 334 g/mol. The van der Waals surface area contributed by atoms with Crippen molar-refractivity contribution < 1.29 is 4.42 Å². The lowest BCUT2D eigenvalue weighted by Gasteiger charge is -2.07. The Kier molecular flexibility index (Phi) is 3.40. The number of nitrogens with zero attached hydrogens (tertiary/aromatic N) is 1. The second-order valence-corrected chi connectivity index (χ2v) is 5.45. The molecule has 19 heavy (non-hydrogen) atoms. The molecule has 5 heteroatoms. The zero-order valence-electron chi connectivity index (χ0n) is 9.97. The number of H-pyrrole nitrogens is 1. The van der Waals surface area contributed by atoms with E-state index in [4.69, 9.17) is 16.6 Å². The first kappa shape index (κ1) is 12.4. The molecule has 0 atom stereocenters. The van der Waals surface area contributed by atoms with E-state index in [1.54, 1.807) is 6.26 Å². The smallest absolute Gasteiger partial charge is 0.178 e. The third-order valence-electron chi connectivity index (χ3n) is 2.90. The molecule has 0 fully saturated rings. The van der Waals surface area contributed by atoms with Crippen LogP contribution in [0.3, 0.4) is 0 Å². The molecule has 3 rings (SSSR count). The SMILES string of the molecule is S=c1[nH]cc(-c2ccc(Br)cc2)n1Cc1ccco1. The van der Waals surface area contributed by atoms with Crippen LogP contribution in [0.5, 0.6) is 0 Å². The van der Waals surface area contributed by atoms with Crippen molar-refractivity contribution in [2.75, 3.05) is 0 Å². The van der Waals surface area contributed by atoms with Gasteiger partial charge >= 0.3 is 0 Å². The van der Waals surface area contributed by atoms with Gasteiger partial charge in [-0.05, 0) is 42.0 Å². The van der Waals surface area contributed by atoms with Crippen LogP contribution in [0.4, 0.5) is 0 Å². The van der Waals surface area contributed by atoms with Gasteiger partial charge in [0.2, 0.25) is 0 Å². The van der Waals surface area contributed by atoms with E-state index in [9.17, 15) is 0 Å². The molecule has 0 radical (unpaired) electrons. The molecule has 2 aromatic heterocycles. The van der Waals surface area contributed by atoms with Gasteiger partial charge in [0.05, 0.1) is 18.5 Å². The molecule has 0 aliphatic heterocycles. The number of hydrogen-bond acceptors (Lipinski definition) is 2. The molecule has 0 bridgehead atoms. The minimum absolute atomic E-state index is 0.626. The Balaban J connectivity index is 2.03. The molecule has 2 heterocycles. The molecule has 0 aliphatic rings. The van der Waals surface area contributed by atoms with E-state index in [1.807, 2.05) is 35.0 Å². The number of benzene rings is 1. The fraction of sp³-hybridized carbons (Fsp3) is 0.0714. The maximum Gasteiger partial charge on any atom is 0.178 e. The number of hydrogen-bond donors (Lipinski definition) is 1. The van der Waals surface area contributed by atoms with Crippen LogP contribution in [-0.4, -0.2) is 9.55 Å². The Morgan fingerprint density at radius 3 is 2.68 bits per heavy atom. The maximum absolute atomic E-state index is 5.38. The van der Waals surface area contributed by atoms with Crippen molar-refractivity contribution in [3.05, 3.63) is 63.9 Å². The highest BCUT2D eigenvalue weighted by Gasteiger charge is 2.08. The summed E-state index contributed by atoms with van der Waals surface area (Å²) in [5.41, 5.74) is 2.16. The van der Waals surface area contributed by atoms with Gasteiger partial charge in [-0.3, -0.25) is 0 Å². The molecule has 3 aromatic rings. The van der Waals surface area contributed by atoms with Crippen molar-refractivity contribution >= 4 is 28.1 Å². The van der Waals surface area contributed by atoms with Gasteiger partial charge in [-0.25, -0.2) is 0 Å². The number of aromatic amines is 1. The molecule has 3 nitrogen and oxygen atoms in total. The molecule has 0 saturated carbocycles. The fourth-order valence-corrected chi connectivity index (χ4v) is 2.46. The predicted molar refractivity (Wildman–Crippen MR) is 80.6 cm³/mol. The van der Waals surface area contributed by atoms with Crippen LogP contribution in [0.1, 0.15) is 5.76 Å². The van der Waals surface area contributed by atoms with Gasteiger partial charge in [0.1, 0.15) is 5.76 Å². The fourth-order valence-electron chi connectivity index (χ4n) is 1.97. The standard InChI is InChI=1S/C14H11BrN2OS/c15-11-5-3-10(4-6-11)13-8-16-14(19)17(13)9-12-2-1-7-18-12/h1-8H,9H2,(H,16,19). The summed E-state index contributed by atoms with van der Waals surface area (Å²) >= 11 is 8.77. The summed E-state index contributed by atoms with van der Waals surface area (Å²) in [6, 6.07) is 12.0. The van der Waals surface area contributed by atoms with Crippen molar-refractivity contribution in [2.24, 2.45) is 0 Å². The quantitative estimate of drug-likeness (QED) is 0.709. The molecule has 0 amide bonds. The Morgan fingerprint density at radius 1 is 1.21 bits per heavy atom. The van der Waals surface area contributed by atoms with Gasteiger partial charge in [-0.2, -0.15) is 0 Å². The Bertz CT molecular complexity index is 726. The van der Waals surface area contributed by atoms with E-state index >= 15 is 0 Å². The zero-order valence-corrected chi connectivity index (χ0v) is 12.4. The van der Waals surface area contributed by atoms with E-state index in [2.05, 4.69) is 33.0 Å². The summed E-state index contributed by atoms with van der Waals surface area (Å²) in [5, 5.41) is 0. The van der Waals surface area contributed by atoms with Crippen LogP contribution in [0.25, 0.3) is 11.3 Å². The zero-order chi connectivity index (χ0) is 13.2. The number of nitrogens with one attached hydrogen (secondary N) is 1. The van der Waals surface area contributed by atoms with E-state index in [0.29, 0.717) is 11.3 Å². The molecule has 96 valence electrons. The average Bonchev–Trinajstić information content (AvgIpc) is 3.03. The minimum atomic E-state index is 0.626. The lowest BCUT2D eigenvalue weighted by molar-refractivity contribution is 0.493. The number of furan rings is 1. The van der Waals surface area contributed by atoms with Crippen LogP contribution < -0.4 is 0 Å². The minimum Gasteiger partial charge on any atom is -0.467 e. The van der Waals surface area contributed by atoms with Gasteiger partial charge in [0.25, 0.3) is 0 Å². The highest BCUT2D eigenvalue weighted by Crippen LogP contribution is 2.23. The molecule has 1 aromatic carbocycles. The van der Waals surface area contributed by atoms with Gasteiger partial charge in [-0.1, -0.05) is 28.1 Å². The first-order valence-electron chi connectivity index (χ1n) is 5.80. The molecular weight excluding hydrogens is 324 g/mol. The summed E-state index contributed by atoms with van der Waals surface area (Å²) in [6.07, 6.45) is 3.60. The van der Waals surface area contributed by atoms with Crippen molar-refractivity contribution in [1.29, 1.82) is 0 Å². The molecule has 0 aliphatic carbocycles. The molecule has 0 unspecified atom stereocenters. The third kappa shape index (κ3) is 2.57. The van der Waals surface area contributed by atoms with E-state index in [-0.39, 0.29) is 0 Å². The number of halogens is 1. The topological polar surface area (TPSA) is 33.9 Å². The normalized spacial score (nSPS) is 10.8. The van der Waals surface area contributed by atoms with Crippen LogP contribution in [-0.2, 0) is 6.54 Å². The molecule has 0 spiro atoms. The summed E-state index contributed by atoms with van der Waals surface area (Å²) in [4.78, 5) is 3.09. The van der Waals surface area contributed by atoms with E-state index in [0.717, 1.165) is 21.5 Å². The second kappa shape index (κ2) is 5.19. The van der Waals surface area contributed by atoms with Crippen molar-refractivity contribution in [1.82, 2.24) is 9.55 Å². The average molecular weight is 335 g/mol. The summed E-state index contributed by atoms with van der Waals surface area (Å²) in [5.74, 6) is 0.883. The van der Waals surface area contributed by atoms with E-state index < -0.39 is 0 Å². The highest BCUT2D eigenvalue weighted by atomic mass is 79.9. The largest absolute Gasteiger partial charge is 0.467 e. The third-order valence-corrected chi connectivity index (χ3v) is 3.77. The van der Waals surface area contributed by atoms with Crippen molar-refractivity contribution in [3.63, 3.8) is 0 Å². The van der Waals surface area contributed by atoms with Crippen molar-refractivity contribution in [3.8, 4) is 11.3 Å². The number of imidazole rings is 1. The van der Waals surface area contributed by atoms with Crippen LogP contribution >= 0.6 is 28.1 Å². The van der Waals surface area contributed by atoms with E-state index in [1.165, 1.54) is 0 Å². The first-order chi connectivity index (χ1) is 9.24. The highest BCUT2D eigenvalue weighted by molar-refractivity contribution is 9.10. The Labute approximate surface area is 124 Å². The molecule has 1 N–H and O–H groups in total. The van der Waals surface area contributed by atoms with Crippen LogP contribution in [0, 0.1) is 4.77 Å². The Morgan fingerprint density at radius 2 is 2.00 bits per heavy atom. The lowest BCUT2D eigenvalue weighted by Crippen LogP contribution is -2.00. The molecular formula is C14H11BrN2OS. The Hall–Kier alpha value is -1.59. The maximum atomic E-state index is 5.38. The van der Waals surface area contributed by atoms with Gasteiger partial charge < -0.3 is 14.0 Å². The second-order valence-electron chi connectivity index (χ2n) is 4.15. The number of aromatic nitrogens is 2. The van der Waals surface area contributed by atoms with Gasteiger partial charge in [-0.15, -0.1) is 0 Å². The summed E-state index contributed by atoms with van der Waals surface area (Å²) in [6.45, 7) is 0.626. The van der Waals surface area contributed by atoms with Crippen LogP contribution in [0.15, 0.2) is 57.7 Å². The van der Waals surface area contributed by atoms with Gasteiger partial charge in [0.15, 0.2) is 4.77 Å². The van der Waals surface area contributed by atoms with Gasteiger partial charge in [0, 0.05) is 10.7 Å². The van der Waals surface area contributed by atoms with Crippen molar-refractivity contribution in [2.45, 2.75) is 6.54 Å². The lowest BCUT2D eigenvalue weighted by atomic mass is 10.2.